The Balaban J connectivity index is 1.60. The van der Waals surface area contributed by atoms with Gasteiger partial charge in [0.05, 0.1) is 19.8 Å². The molecule has 3 aromatic rings. The van der Waals surface area contributed by atoms with E-state index in [0.29, 0.717) is 34.0 Å². The van der Waals surface area contributed by atoms with Crippen LogP contribution < -0.4 is 20.1 Å². The number of rotatable bonds is 9. The number of carbonyl (C=O) groups is 3. The average molecular weight is 485 g/mol. The van der Waals surface area contributed by atoms with E-state index in [4.69, 9.17) is 9.47 Å². The smallest absolute Gasteiger partial charge is 0.337 e. The summed E-state index contributed by atoms with van der Waals surface area (Å²) in [5.74, 6) is -0.392. The van der Waals surface area contributed by atoms with Gasteiger partial charge in [-0.1, -0.05) is 12.1 Å². The predicted molar refractivity (Wildman–Crippen MR) is 134 cm³/mol. The van der Waals surface area contributed by atoms with Crippen molar-refractivity contribution in [3.8, 4) is 17.6 Å². The molecule has 0 aliphatic rings. The first-order valence-corrected chi connectivity index (χ1v) is 10.7. The first-order chi connectivity index (χ1) is 17.4. The molecule has 3 rings (SSSR count). The van der Waals surface area contributed by atoms with Gasteiger partial charge in [0.25, 0.3) is 11.8 Å². The predicted octanol–water partition coefficient (Wildman–Crippen LogP) is 4.04. The Bertz CT molecular complexity index is 1310. The Morgan fingerprint density at radius 3 is 2.19 bits per heavy atom. The third kappa shape index (κ3) is 7.20. The number of anilines is 2. The maximum atomic E-state index is 12.6. The molecule has 0 aliphatic heterocycles. The summed E-state index contributed by atoms with van der Waals surface area (Å²) in [6, 6.07) is 21.5. The summed E-state index contributed by atoms with van der Waals surface area (Å²) in [6.07, 6.45) is 1.41. The van der Waals surface area contributed by atoms with Crippen LogP contribution in [0.1, 0.15) is 15.9 Å². The van der Waals surface area contributed by atoms with Crippen LogP contribution in [0.5, 0.6) is 11.5 Å². The molecule has 2 N–H and O–H groups in total. The number of nitriles is 1. The number of nitrogens with one attached hydrogen (secondary N) is 2. The van der Waals surface area contributed by atoms with E-state index in [1.54, 1.807) is 55.6 Å². The largest absolute Gasteiger partial charge is 0.497 e. The number of nitrogens with zero attached hydrogens (tertiary/aromatic N) is 1. The molecule has 0 saturated heterocycles. The maximum absolute atomic E-state index is 12.6. The Morgan fingerprint density at radius 2 is 1.56 bits per heavy atom. The average Bonchev–Trinajstić information content (AvgIpc) is 2.91. The molecule has 0 radical (unpaired) electrons. The first kappa shape index (κ1) is 25.5. The molecule has 0 spiro atoms. The van der Waals surface area contributed by atoms with Crippen molar-refractivity contribution in [2.24, 2.45) is 0 Å². The Labute approximate surface area is 207 Å². The topological polar surface area (TPSA) is 127 Å². The fourth-order valence-corrected chi connectivity index (χ4v) is 3.04. The van der Waals surface area contributed by atoms with Crippen molar-refractivity contribution >= 4 is 35.2 Å². The van der Waals surface area contributed by atoms with Crippen LogP contribution in [-0.4, -0.2) is 38.6 Å². The molecule has 0 aromatic heterocycles. The van der Waals surface area contributed by atoms with Gasteiger partial charge in [-0.15, -0.1) is 0 Å². The van der Waals surface area contributed by atoms with Crippen LogP contribution in [0.3, 0.4) is 0 Å². The molecule has 36 heavy (non-hydrogen) atoms. The molecule has 3 aromatic carbocycles. The zero-order chi connectivity index (χ0) is 25.9. The lowest BCUT2D eigenvalue weighted by Gasteiger charge is -2.09. The fraction of sp³-hybridized carbons (Fsp3) is 0.111. The summed E-state index contributed by atoms with van der Waals surface area (Å²) in [5.41, 5.74) is 1.75. The summed E-state index contributed by atoms with van der Waals surface area (Å²) in [5, 5.41) is 14.8. The number of hydrogen-bond donors (Lipinski definition) is 2. The van der Waals surface area contributed by atoms with Gasteiger partial charge in [-0.3, -0.25) is 9.59 Å². The molecule has 2 amide bonds. The van der Waals surface area contributed by atoms with Crippen molar-refractivity contribution in [1.82, 2.24) is 0 Å². The van der Waals surface area contributed by atoms with Crippen LogP contribution in [0, 0.1) is 11.3 Å². The van der Waals surface area contributed by atoms with Crippen molar-refractivity contribution in [2.45, 2.75) is 0 Å². The minimum Gasteiger partial charge on any atom is -0.497 e. The molecule has 9 heteroatoms. The Morgan fingerprint density at radius 1 is 0.889 bits per heavy atom. The Kier molecular flexibility index (Phi) is 8.78. The maximum Gasteiger partial charge on any atom is 0.337 e. The van der Waals surface area contributed by atoms with E-state index in [-0.39, 0.29) is 18.1 Å². The minimum absolute atomic E-state index is 0.138. The van der Waals surface area contributed by atoms with Gasteiger partial charge in [0.1, 0.15) is 23.1 Å². The lowest BCUT2D eigenvalue weighted by molar-refractivity contribution is -0.118. The van der Waals surface area contributed by atoms with Crippen LogP contribution in [0.25, 0.3) is 6.08 Å². The molecule has 0 unspecified atom stereocenters. The number of methoxy groups -OCH3 is 2. The normalized spacial score (nSPS) is 10.5. The molecule has 0 aliphatic carbocycles. The van der Waals surface area contributed by atoms with E-state index in [1.807, 2.05) is 6.07 Å². The molecular formula is C27H23N3O6. The second kappa shape index (κ2) is 12.4. The molecule has 9 nitrogen and oxygen atoms in total. The minimum atomic E-state index is -0.617. The molecule has 0 atom stereocenters. The molecular weight excluding hydrogens is 462 g/mol. The van der Waals surface area contributed by atoms with Crippen molar-refractivity contribution in [1.29, 1.82) is 5.26 Å². The summed E-state index contributed by atoms with van der Waals surface area (Å²) in [6.45, 7) is -0.230. The zero-order valence-corrected chi connectivity index (χ0v) is 19.6. The number of amides is 2. The van der Waals surface area contributed by atoms with Gasteiger partial charge in [0.2, 0.25) is 0 Å². The van der Waals surface area contributed by atoms with Crippen LogP contribution in [0.15, 0.2) is 78.4 Å². The van der Waals surface area contributed by atoms with Crippen LogP contribution in [0.2, 0.25) is 0 Å². The zero-order valence-electron chi connectivity index (χ0n) is 19.6. The van der Waals surface area contributed by atoms with E-state index < -0.39 is 11.9 Å². The van der Waals surface area contributed by atoms with Gasteiger partial charge in [0, 0.05) is 11.4 Å². The SMILES string of the molecule is COC(=O)c1ccc(NC(=O)/C(C#N)=C\c2cccc(OCC(=O)Nc3ccc(OC)cc3)c2)cc1. The Hall–Kier alpha value is -5.10. The number of hydrogen-bond acceptors (Lipinski definition) is 7. The van der Waals surface area contributed by atoms with Gasteiger partial charge in [-0.05, 0) is 72.3 Å². The second-order valence-electron chi connectivity index (χ2n) is 7.33. The summed E-state index contributed by atoms with van der Waals surface area (Å²) >= 11 is 0. The second-order valence-corrected chi connectivity index (χ2v) is 7.33. The summed E-state index contributed by atoms with van der Waals surface area (Å²) < 4.78 is 15.3. The quantitative estimate of drug-likeness (QED) is 0.266. The van der Waals surface area contributed by atoms with Gasteiger partial charge >= 0.3 is 5.97 Å². The van der Waals surface area contributed by atoms with E-state index in [1.165, 1.54) is 37.5 Å². The van der Waals surface area contributed by atoms with Gasteiger partial charge in [-0.25, -0.2) is 4.79 Å². The van der Waals surface area contributed by atoms with Crippen molar-refractivity contribution < 1.29 is 28.6 Å². The van der Waals surface area contributed by atoms with Crippen LogP contribution in [-0.2, 0) is 14.3 Å². The molecule has 0 saturated carbocycles. The monoisotopic (exact) mass is 485 g/mol. The first-order valence-electron chi connectivity index (χ1n) is 10.7. The van der Waals surface area contributed by atoms with E-state index in [9.17, 15) is 19.6 Å². The molecule has 0 bridgehead atoms. The number of carbonyl (C=O) groups excluding carboxylic acids is 3. The number of benzene rings is 3. The van der Waals surface area contributed by atoms with Crippen molar-refractivity contribution in [3.63, 3.8) is 0 Å². The van der Waals surface area contributed by atoms with Crippen LogP contribution in [0.4, 0.5) is 11.4 Å². The number of ether oxygens (including phenoxy) is 3. The van der Waals surface area contributed by atoms with Crippen molar-refractivity contribution in [2.75, 3.05) is 31.5 Å². The third-order valence-corrected chi connectivity index (χ3v) is 4.84. The standard InChI is InChI=1S/C27H23N3O6/c1-34-23-12-10-21(11-13-23)29-25(31)17-36-24-5-3-4-18(15-24)14-20(16-28)26(32)30-22-8-6-19(7-9-22)27(33)35-2/h3-15H,17H2,1-2H3,(H,29,31)(H,30,32)/b20-14-. The highest BCUT2D eigenvalue weighted by Crippen LogP contribution is 2.18. The lowest BCUT2D eigenvalue weighted by atomic mass is 10.1. The van der Waals surface area contributed by atoms with Crippen LogP contribution >= 0.6 is 0 Å². The summed E-state index contributed by atoms with van der Waals surface area (Å²) in [7, 11) is 2.84. The highest BCUT2D eigenvalue weighted by molar-refractivity contribution is 6.09. The highest BCUT2D eigenvalue weighted by Gasteiger charge is 2.11. The summed E-state index contributed by atoms with van der Waals surface area (Å²) in [4.78, 5) is 36.3. The molecule has 182 valence electrons. The lowest BCUT2D eigenvalue weighted by Crippen LogP contribution is -2.20. The van der Waals surface area contributed by atoms with E-state index in [0.717, 1.165) is 0 Å². The van der Waals surface area contributed by atoms with E-state index >= 15 is 0 Å². The van der Waals surface area contributed by atoms with Crippen molar-refractivity contribution in [3.05, 3.63) is 89.5 Å². The van der Waals surface area contributed by atoms with E-state index in [2.05, 4.69) is 15.4 Å². The highest BCUT2D eigenvalue weighted by atomic mass is 16.5. The fourth-order valence-electron chi connectivity index (χ4n) is 3.04. The number of esters is 1. The van der Waals surface area contributed by atoms with Gasteiger partial charge < -0.3 is 24.8 Å². The molecule has 0 heterocycles. The molecule has 0 fully saturated rings. The van der Waals surface area contributed by atoms with Gasteiger partial charge in [0.15, 0.2) is 6.61 Å². The van der Waals surface area contributed by atoms with Gasteiger partial charge in [-0.2, -0.15) is 5.26 Å². The third-order valence-electron chi connectivity index (χ3n) is 4.84.